The second-order valence-corrected chi connectivity index (χ2v) is 1.35. The third kappa shape index (κ3) is 61.9. The van der Waals surface area contributed by atoms with Gasteiger partial charge in [0.25, 0.3) is 0 Å². The second-order valence-electron chi connectivity index (χ2n) is 0.498. The summed E-state index contributed by atoms with van der Waals surface area (Å²) in [6.07, 6.45) is -2.54. The van der Waals surface area contributed by atoms with E-state index in [0.717, 1.165) is 0 Å². The first-order valence-corrected chi connectivity index (χ1v) is 5.49. The molecule has 0 aromatic heterocycles. The standard InChI is InChI=1S/2C2H5.CF2O2P.BrH.Cd.O/c2*1-2;2-1(3)6(4)5;;;/h2*1H2,2H3;;1H;;/q3*-1;;;. The second kappa shape index (κ2) is 38.0. The molecule has 1 atom stereocenters. The maximum absolute atomic E-state index is 10.5. The van der Waals surface area contributed by atoms with Crippen molar-refractivity contribution < 1.29 is 46.7 Å². The average Bonchev–Trinajstić information content (AvgIpc) is 2.14. The molecule has 0 aliphatic heterocycles. The first kappa shape index (κ1) is 29.2. The van der Waals surface area contributed by atoms with Crippen molar-refractivity contribution in [1.82, 2.24) is 0 Å². The Balaban J connectivity index is -0.0000000263. The summed E-state index contributed by atoms with van der Waals surface area (Å²) in [5.41, 5.74) is 0. The summed E-state index contributed by atoms with van der Waals surface area (Å²) in [7, 11) is -3.58. The summed E-state index contributed by atoms with van der Waals surface area (Å²) >= 11 is -0.1000. The van der Waals surface area contributed by atoms with Crippen LogP contribution in [0.2, 0.25) is 0 Å². The minimum atomic E-state index is -3.58. The number of halogens is 3. The van der Waals surface area contributed by atoms with Crippen molar-refractivity contribution in [2.45, 2.75) is 13.8 Å². The SMILES string of the molecule is Br.O=[P+]([O-])[C-](F)F.[CH2-]C.[CH2-]C.[O]=[Cd]. The monoisotopic (exact) mass is 381 g/mol. The van der Waals surface area contributed by atoms with Crippen molar-refractivity contribution in [2.24, 2.45) is 0 Å². The van der Waals surface area contributed by atoms with Gasteiger partial charge in [0.2, 0.25) is 14.2 Å². The molecule has 0 aromatic carbocycles. The average molecular weight is 380 g/mol. The number of hydrogen-bond acceptors (Lipinski definition) is 3. The molecule has 0 spiro atoms. The Labute approximate surface area is 105 Å². The van der Waals surface area contributed by atoms with Crippen molar-refractivity contribution in [3.63, 3.8) is 0 Å². The van der Waals surface area contributed by atoms with Gasteiger partial charge in [0, 0.05) is 0 Å². The van der Waals surface area contributed by atoms with Crippen molar-refractivity contribution in [3.05, 3.63) is 20.0 Å². The summed E-state index contributed by atoms with van der Waals surface area (Å²) in [5, 5.41) is 0. The molecule has 0 aliphatic rings. The molecule has 8 heteroatoms. The molecular weight excluding hydrogens is 369 g/mol. The molecule has 0 aromatic rings. The predicted molar refractivity (Wildman–Crippen MR) is 46.1 cm³/mol. The van der Waals surface area contributed by atoms with Crippen molar-refractivity contribution >= 4 is 25.0 Å². The minimum absolute atomic E-state index is 0. The molecule has 0 fully saturated rings. The van der Waals surface area contributed by atoms with Gasteiger partial charge in [0.15, 0.2) is 0 Å². The Morgan fingerprint density at radius 3 is 1.31 bits per heavy atom. The van der Waals surface area contributed by atoms with Crippen molar-refractivity contribution in [2.75, 3.05) is 0 Å². The Bertz CT molecular complexity index is 90.2. The summed E-state index contributed by atoms with van der Waals surface area (Å²) in [5.74, 6) is 0. The number of rotatable bonds is 1. The molecule has 0 radical (unpaired) electrons. The molecule has 0 saturated heterocycles. The van der Waals surface area contributed by atoms with Gasteiger partial charge in [-0.05, 0) is 0 Å². The van der Waals surface area contributed by atoms with Gasteiger partial charge in [-0.15, -0.1) is 21.5 Å². The molecule has 0 amide bonds. The first-order chi connectivity index (χ1) is 5.64. The fraction of sp³-hybridized carbons (Fsp3) is 0.400. The Kier molecular flexibility index (Phi) is 85.5. The molecule has 0 saturated carbocycles. The molecule has 3 nitrogen and oxygen atoms in total. The Hall–Kier alpha value is 1.12. The summed E-state index contributed by atoms with van der Waals surface area (Å²) in [6, 6.07) is 0. The quantitative estimate of drug-likeness (QED) is 0.399. The van der Waals surface area contributed by atoms with Crippen LogP contribution in [0.4, 0.5) is 8.78 Å². The van der Waals surface area contributed by atoms with Crippen LogP contribution in [0.1, 0.15) is 13.8 Å². The van der Waals surface area contributed by atoms with E-state index in [1.807, 2.05) is 0 Å². The van der Waals surface area contributed by atoms with Gasteiger partial charge < -0.3 is 27.5 Å². The van der Waals surface area contributed by atoms with E-state index in [-0.39, 0.29) is 42.8 Å². The van der Waals surface area contributed by atoms with E-state index in [1.165, 1.54) is 0 Å². The van der Waals surface area contributed by atoms with E-state index < -0.39 is 14.2 Å². The molecule has 13 heavy (non-hydrogen) atoms. The van der Waals surface area contributed by atoms with Crippen LogP contribution < -0.4 is 4.89 Å². The van der Waals surface area contributed by atoms with Gasteiger partial charge in [-0.2, -0.15) is 13.8 Å². The zero-order chi connectivity index (χ0) is 11.2. The van der Waals surface area contributed by atoms with E-state index >= 15 is 0 Å². The first-order valence-electron chi connectivity index (χ1n) is 2.67. The van der Waals surface area contributed by atoms with Crippen LogP contribution >= 0.6 is 25.0 Å². The molecular formula is C5H11BrCdF2O3P-3. The summed E-state index contributed by atoms with van der Waals surface area (Å²) < 4.78 is 38.3. The van der Waals surface area contributed by atoms with Crippen LogP contribution in [-0.4, -0.2) is 0 Å². The third-order valence-corrected chi connectivity index (χ3v) is 0.414. The van der Waals surface area contributed by atoms with Gasteiger partial charge in [0.1, 0.15) is 0 Å². The fourth-order valence-electron chi connectivity index (χ4n) is 0. The van der Waals surface area contributed by atoms with Gasteiger partial charge in [-0.3, -0.25) is 0 Å². The van der Waals surface area contributed by atoms with Gasteiger partial charge in [0.05, 0.1) is 0 Å². The van der Waals surface area contributed by atoms with Crippen LogP contribution in [0.5, 0.6) is 0 Å². The van der Waals surface area contributed by atoms with Crippen molar-refractivity contribution in [1.29, 1.82) is 0 Å². The maximum atomic E-state index is 10.5. The zero-order valence-electron chi connectivity index (χ0n) is 7.46. The predicted octanol–water partition coefficient (Wildman–Crippen LogP) is 2.61. The summed E-state index contributed by atoms with van der Waals surface area (Å²) in [4.78, 5) is 8.95. The number of hydrogen-bond donors (Lipinski definition) is 0. The van der Waals surface area contributed by atoms with Crippen LogP contribution in [0, 0.1) is 20.0 Å². The van der Waals surface area contributed by atoms with Crippen LogP contribution in [0.15, 0.2) is 0 Å². The molecule has 0 aliphatic carbocycles. The van der Waals surface area contributed by atoms with Crippen LogP contribution in [-0.2, 0) is 33.0 Å². The van der Waals surface area contributed by atoms with E-state index in [0.29, 0.717) is 0 Å². The van der Waals surface area contributed by atoms with Crippen LogP contribution in [0.25, 0.3) is 0 Å². The Morgan fingerprint density at radius 1 is 1.23 bits per heavy atom. The molecule has 80 valence electrons. The van der Waals surface area contributed by atoms with Crippen molar-refractivity contribution in [3.8, 4) is 0 Å². The summed E-state index contributed by atoms with van der Waals surface area (Å²) in [6.45, 7) is 10.0. The molecule has 0 heterocycles. The molecule has 0 rings (SSSR count). The molecule has 1 unspecified atom stereocenters. The third-order valence-electron chi connectivity index (χ3n) is 0.138. The molecule has 0 N–H and O–H groups in total. The topological polar surface area (TPSA) is 57.2 Å². The Morgan fingerprint density at radius 2 is 1.31 bits per heavy atom. The van der Waals surface area contributed by atoms with Gasteiger partial charge >= 0.3 is 28.5 Å². The van der Waals surface area contributed by atoms with E-state index in [4.69, 9.17) is 12.1 Å². The van der Waals surface area contributed by atoms with E-state index in [2.05, 4.69) is 13.8 Å². The van der Waals surface area contributed by atoms with E-state index in [1.54, 1.807) is 13.8 Å². The molecule has 0 bridgehead atoms. The van der Waals surface area contributed by atoms with Crippen LogP contribution in [0.3, 0.4) is 0 Å². The fourth-order valence-corrected chi connectivity index (χ4v) is 0. The normalized spacial score (nSPS) is 7.08. The zero-order valence-corrected chi connectivity index (χ0v) is 14.1. The van der Waals surface area contributed by atoms with E-state index in [9.17, 15) is 8.78 Å². The van der Waals surface area contributed by atoms with Gasteiger partial charge in [-0.25, -0.2) is 0 Å². The van der Waals surface area contributed by atoms with Gasteiger partial charge in [-0.1, -0.05) is 0 Å².